The molecule has 1 fully saturated rings. The van der Waals surface area contributed by atoms with Crippen LogP contribution < -0.4 is 0 Å². The fraction of sp³-hybridized carbons (Fsp3) is 0.607. The van der Waals surface area contributed by atoms with E-state index in [-0.39, 0.29) is 5.41 Å². The summed E-state index contributed by atoms with van der Waals surface area (Å²) in [4.78, 5) is 4.77. The maximum atomic E-state index is 12.9. The summed E-state index contributed by atoms with van der Waals surface area (Å²) < 4.78 is 2.16. The molecule has 4 rings (SSSR count). The topological polar surface area (TPSA) is 63.8 Å². The zero-order chi connectivity index (χ0) is 23.5. The Labute approximate surface area is 198 Å². The van der Waals surface area contributed by atoms with E-state index in [4.69, 9.17) is 4.98 Å². The molecule has 1 saturated carbocycles. The normalized spacial score (nSPS) is 23.5. The van der Waals surface area contributed by atoms with Crippen LogP contribution in [0.4, 0.5) is 0 Å². The Bertz CT molecular complexity index is 1000. The average molecular weight is 451 g/mol. The highest BCUT2D eigenvalue weighted by Crippen LogP contribution is 2.38. The Balaban J connectivity index is 1.47. The maximum absolute atomic E-state index is 12.9. The van der Waals surface area contributed by atoms with Crippen LogP contribution in [0.2, 0.25) is 0 Å². The lowest BCUT2D eigenvalue weighted by molar-refractivity contribution is -0.0515. The van der Waals surface area contributed by atoms with Gasteiger partial charge in [-0.15, -0.1) is 0 Å². The van der Waals surface area contributed by atoms with E-state index in [0.717, 1.165) is 54.1 Å². The van der Waals surface area contributed by atoms with E-state index in [9.17, 15) is 10.3 Å². The van der Waals surface area contributed by atoms with Crippen LogP contribution >= 0.6 is 0 Å². The van der Waals surface area contributed by atoms with Crippen molar-refractivity contribution in [3.8, 4) is 0 Å². The largest absolute Gasteiger partial charge is 0.785 e. The Hall–Kier alpha value is -1.95. The highest BCUT2D eigenvalue weighted by atomic mass is 16.5. The standard InChI is InChI=1S/C28H40N3O2/c1-4-15-28(32,24-11-7-5-8-12-24)18-19-30(33)20-23-13-14-25-29-22(2)26(31(25)21-23)27(3)16-9-6-10-17-27/h6,9-10,13-14,16,21,24,32H,4-5,7-8,11-12,15,17-20H2,1-3H3/q-1. The monoisotopic (exact) mass is 450 g/mol. The van der Waals surface area contributed by atoms with Crippen molar-refractivity contribution >= 4 is 5.65 Å². The predicted octanol–water partition coefficient (Wildman–Crippen LogP) is 6.22. The lowest BCUT2D eigenvalue weighted by atomic mass is 9.73. The van der Waals surface area contributed by atoms with Crippen molar-refractivity contribution < 1.29 is 5.11 Å². The number of hydroxylamine groups is 2. The molecule has 180 valence electrons. The Morgan fingerprint density at radius 3 is 2.70 bits per heavy atom. The highest BCUT2D eigenvalue weighted by Gasteiger charge is 2.36. The molecule has 0 saturated heterocycles. The first-order valence-electron chi connectivity index (χ1n) is 12.8. The summed E-state index contributed by atoms with van der Waals surface area (Å²) in [6.45, 7) is 7.13. The van der Waals surface area contributed by atoms with Gasteiger partial charge >= 0.3 is 0 Å². The number of pyridine rings is 1. The van der Waals surface area contributed by atoms with Crippen LogP contribution in [-0.4, -0.2) is 31.7 Å². The smallest absolute Gasteiger partial charge is 0.137 e. The van der Waals surface area contributed by atoms with Gasteiger partial charge in [-0.2, -0.15) is 0 Å². The second-order valence-corrected chi connectivity index (χ2v) is 10.5. The van der Waals surface area contributed by atoms with Gasteiger partial charge in [0.05, 0.1) is 17.0 Å². The average Bonchev–Trinajstić information content (AvgIpc) is 3.15. The fourth-order valence-corrected chi connectivity index (χ4v) is 6.10. The van der Waals surface area contributed by atoms with Crippen LogP contribution in [0, 0.1) is 18.0 Å². The van der Waals surface area contributed by atoms with Gasteiger partial charge in [-0.3, -0.25) is 0 Å². The van der Waals surface area contributed by atoms with E-state index in [1.165, 1.54) is 25.0 Å². The molecule has 2 heterocycles. The van der Waals surface area contributed by atoms with Crippen molar-refractivity contribution in [2.24, 2.45) is 5.92 Å². The first-order chi connectivity index (χ1) is 15.8. The third-order valence-electron chi connectivity index (χ3n) is 7.85. The number of hydrogen-bond donors (Lipinski definition) is 1. The van der Waals surface area contributed by atoms with Gasteiger partial charge in [0.15, 0.2) is 0 Å². The van der Waals surface area contributed by atoms with Gasteiger partial charge in [0.25, 0.3) is 0 Å². The van der Waals surface area contributed by atoms with Crippen molar-refractivity contribution in [1.29, 1.82) is 0 Å². The van der Waals surface area contributed by atoms with Gasteiger partial charge in [-0.25, -0.2) is 4.98 Å². The number of aliphatic hydroxyl groups is 1. The number of rotatable bonds is 9. The molecular weight excluding hydrogens is 410 g/mol. The molecule has 0 aromatic carbocycles. The Morgan fingerprint density at radius 1 is 1.21 bits per heavy atom. The van der Waals surface area contributed by atoms with Crippen molar-refractivity contribution in [2.45, 2.75) is 96.1 Å². The van der Waals surface area contributed by atoms with E-state index in [1.807, 2.05) is 12.1 Å². The van der Waals surface area contributed by atoms with Gasteiger partial charge in [0, 0.05) is 18.2 Å². The molecule has 2 atom stereocenters. The molecule has 2 aromatic heterocycles. The highest BCUT2D eigenvalue weighted by molar-refractivity contribution is 5.48. The molecule has 0 bridgehead atoms. The Morgan fingerprint density at radius 2 is 2.00 bits per heavy atom. The third kappa shape index (κ3) is 5.26. The van der Waals surface area contributed by atoms with Gasteiger partial charge in [0.1, 0.15) is 5.65 Å². The van der Waals surface area contributed by atoms with Crippen molar-refractivity contribution in [3.05, 3.63) is 64.8 Å². The summed E-state index contributed by atoms with van der Waals surface area (Å²) in [6, 6.07) is 4.02. The third-order valence-corrected chi connectivity index (χ3v) is 7.85. The van der Waals surface area contributed by atoms with Gasteiger partial charge in [-0.05, 0) is 63.1 Å². The zero-order valence-corrected chi connectivity index (χ0v) is 20.6. The predicted molar refractivity (Wildman–Crippen MR) is 135 cm³/mol. The summed E-state index contributed by atoms with van der Waals surface area (Å²) >= 11 is 0. The molecule has 2 aliphatic rings. The van der Waals surface area contributed by atoms with E-state index in [0.29, 0.717) is 25.4 Å². The molecule has 2 aromatic rings. The minimum atomic E-state index is -0.703. The molecular formula is C28H40N3O2-. The zero-order valence-electron chi connectivity index (χ0n) is 20.6. The van der Waals surface area contributed by atoms with Crippen molar-refractivity contribution in [1.82, 2.24) is 14.4 Å². The van der Waals surface area contributed by atoms with Crippen LogP contribution in [-0.2, 0) is 12.0 Å². The summed E-state index contributed by atoms with van der Waals surface area (Å²) in [6.07, 6.45) is 19.8. The minimum Gasteiger partial charge on any atom is -0.785 e. The van der Waals surface area contributed by atoms with Gasteiger partial charge < -0.3 is 19.8 Å². The molecule has 5 nitrogen and oxygen atoms in total. The summed E-state index contributed by atoms with van der Waals surface area (Å²) in [5.41, 5.74) is 3.31. The first-order valence-corrected chi connectivity index (χ1v) is 12.8. The molecule has 33 heavy (non-hydrogen) atoms. The summed E-state index contributed by atoms with van der Waals surface area (Å²) in [5, 5.41) is 25.4. The fourth-order valence-electron chi connectivity index (χ4n) is 6.10. The van der Waals surface area contributed by atoms with Gasteiger partial charge in [-0.1, -0.05) is 69.9 Å². The van der Waals surface area contributed by atoms with Crippen molar-refractivity contribution in [3.63, 3.8) is 0 Å². The number of aryl methyl sites for hydroxylation is 1. The van der Waals surface area contributed by atoms with E-state index >= 15 is 0 Å². The second kappa shape index (κ2) is 10.1. The van der Waals surface area contributed by atoms with E-state index in [1.54, 1.807) is 0 Å². The Kier molecular flexibility index (Phi) is 7.42. The molecule has 5 heteroatoms. The number of imidazole rings is 1. The molecule has 2 aliphatic carbocycles. The number of nitrogens with zero attached hydrogens (tertiary/aromatic N) is 3. The van der Waals surface area contributed by atoms with E-state index < -0.39 is 5.60 Å². The van der Waals surface area contributed by atoms with Crippen LogP contribution in [0.3, 0.4) is 0 Å². The lowest BCUT2D eigenvalue weighted by Crippen LogP contribution is -2.41. The minimum absolute atomic E-state index is 0.106. The van der Waals surface area contributed by atoms with Crippen molar-refractivity contribution in [2.75, 3.05) is 6.54 Å². The summed E-state index contributed by atoms with van der Waals surface area (Å²) in [7, 11) is 0. The quantitative estimate of drug-likeness (QED) is 0.461. The SMILES string of the molecule is CCCC(O)(CCN([O-])Cc1ccc2nc(C)c(C3(C)C=CC=CC3)n2c1)C1CCCCC1. The lowest BCUT2D eigenvalue weighted by Gasteiger charge is -2.41. The van der Waals surface area contributed by atoms with E-state index in [2.05, 4.69) is 55.7 Å². The molecule has 0 aliphatic heterocycles. The number of aromatic nitrogens is 2. The molecule has 0 radical (unpaired) electrons. The number of hydrogen-bond acceptors (Lipinski definition) is 4. The number of fused-ring (bicyclic) bond motifs is 1. The van der Waals surface area contributed by atoms with Crippen LogP contribution in [0.25, 0.3) is 5.65 Å². The second-order valence-electron chi connectivity index (χ2n) is 10.5. The van der Waals surface area contributed by atoms with Crippen LogP contribution in [0.15, 0.2) is 42.6 Å². The van der Waals surface area contributed by atoms with Crippen LogP contribution in [0.5, 0.6) is 0 Å². The molecule has 1 N–H and O–H groups in total. The molecule has 0 spiro atoms. The van der Waals surface area contributed by atoms with Gasteiger partial charge in [0.2, 0.25) is 0 Å². The molecule has 2 unspecified atom stereocenters. The summed E-state index contributed by atoms with van der Waals surface area (Å²) in [5.74, 6) is 0.339. The first kappa shape index (κ1) is 24.2. The van der Waals surface area contributed by atoms with Crippen LogP contribution in [0.1, 0.15) is 88.6 Å². The number of allylic oxidation sites excluding steroid dienone is 4. The maximum Gasteiger partial charge on any atom is 0.137 e. The molecule has 0 amide bonds.